The number of alkyl halides is 3. The van der Waals surface area contributed by atoms with E-state index in [-0.39, 0.29) is 29.8 Å². The molecule has 0 aliphatic carbocycles. The van der Waals surface area contributed by atoms with Gasteiger partial charge in [0.1, 0.15) is 12.3 Å². The number of hydrogen-bond acceptors (Lipinski definition) is 5. The molecular weight excluding hydrogens is 341 g/mol. The van der Waals surface area contributed by atoms with Gasteiger partial charge in [0, 0.05) is 5.39 Å². The molecule has 1 aromatic heterocycles. The number of fused-ring (bicyclic) bond motifs is 1. The zero-order valence-corrected chi connectivity index (χ0v) is 13.9. The number of benzene rings is 1. The third-order valence-corrected chi connectivity index (χ3v) is 3.32. The lowest BCUT2D eigenvalue weighted by Crippen LogP contribution is -2.29. The Labute approximate surface area is 141 Å². The topological polar surface area (TPSA) is 70.4 Å². The second kappa shape index (κ2) is 7.12. The molecule has 0 amide bonds. The van der Waals surface area contributed by atoms with Crippen molar-refractivity contribution in [3.05, 3.63) is 34.2 Å². The van der Waals surface area contributed by atoms with Crippen molar-refractivity contribution in [1.82, 2.24) is 9.78 Å². The number of halogens is 3. The van der Waals surface area contributed by atoms with Crippen LogP contribution < -0.4 is 10.3 Å². The van der Waals surface area contributed by atoms with Gasteiger partial charge in [-0.25, -0.2) is 4.68 Å². The van der Waals surface area contributed by atoms with E-state index in [0.717, 1.165) is 16.8 Å². The molecular formula is C16H17F3N2O4. The molecule has 0 saturated heterocycles. The Morgan fingerprint density at radius 1 is 1.28 bits per heavy atom. The molecule has 0 atom stereocenters. The summed E-state index contributed by atoms with van der Waals surface area (Å²) < 4.78 is 46.9. The Hall–Kier alpha value is -2.58. The predicted molar refractivity (Wildman–Crippen MR) is 83.4 cm³/mol. The number of esters is 1. The molecule has 1 heterocycles. The molecule has 0 aliphatic rings. The van der Waals surface area contributed by atoms with Crippen molar-refractivity contribution in [2.75, 3.05) is 6.61 Å². The molecule has 0 fully saturated rings. The van der Waals surface area contributed by atoms with E-state index in [9.17, 15) is 22.8 Å². The van der Waals surface area contributed by atoms with Crippen molar-refractivity contribution in [2.45, 2.75) is 39.6 Å². The average Bonchev–Trinajstić information content (AvgIpc) is 2.48. The fourth-order valence-corrected chi connectivity index (χ4v) is 2.35. The molecule has 0 N–H and O–H groups in total. The summed E-state index contributed by atoms with van der Waals surface area (Å²) >= 11 is 0. The minimum atomic E-state index is -4.84. The molecule has 25 heavy (non-hydrogen) atoms. The van der Waals surface area contributed by atoms with Gasteiger partial charge >= 0.3 is 12.3 Å². The third kappa shape index (κ3) is 4.49. The molecule has 0 aliphatic heterocycles. The Kier molecular flexibility index (Phi) is 5.34. The zero-order valence-electron chi connectivity index (χ0n) is 13.9. The van der Waals surface area contributed by atoms with Crippen LogP contribution in [0.4, 0.5) is 13.2 Å². The normalized spacial score (nSPS) is 11.8. The van der Waals surface area contributed by atoms with Crippen LogP contribution in [0.5, 0.6) is 5.75 Å². The number of hydrogen-bond donors (Lipinski definition) is 0. The summed E-state index contributed by atoms with van der Waals surface area (Å²) in [4.78, 5) is 24.1. The highest BCUT2D eigenvalue weighted by Crippen LogP contribution is 2.28. The Morgan fingerprint density at radius 2 is 1.96 bits per heavy atom. The van der Waals surface area contributed by atoms with Crippen LogP contribution in [-0.2, 0) is 16.1 Å². The van der Waals surface area contributed by atoms with Gasteiger partial charge in [0.05, 0.1) is 17.7 Å². The van der Waals surface area contributed by atoms with Crippen LogP contribution in [0, 0.1) is 0 Å². The van der Waals surface area contributed by atoms with E-state index in [1.165, 1.54) is 6.07 Å². The smallest absolute Gasteiger partial charge is 0.465 e. The van der Waals surface area contributed by atoms with Gasteiger partial charge in [-0.2, -0.15) is 5.10 Å². The summed E-state index contributed by atoms with van der Waals surface area (Å²) in [5.74, 6) is -1.26. The van der Waals surface area contributed by atoms with E-state index in [4.69, 9.17) is 4.74 Å². The van der Waals surface area contributed by atoms with E-state index in [2.05, 4.69) is 9.84 Å². The summed E-state index contributed by atoms with van der Waals surface area (Å²) in [5.41, 5.74) is -0.211. The highest BCUT2D eigenvalue weighted by molar-refractivity contribution is 5.85. The van der Waals surface area contributed by atoms with Crippen LogP contribution in [0.25, 0.3) is 10.8 Å². The van der Waals surface area contributed by atoms with Gasteiger partial charge in [-0.05, 0) is 31.0 Å². The van der Waals surface area contributed by atoms with Crippen molar-refractivity contribution >= 4 is 16.7 Å². The highest BCUT2D eigenvalue weighted by atomic mass is 19.4. The van der Waals surface area contributed by atoms with E-state index in [0.29, 0.717) is 5.69 Å². The van der Waals surface area contributed by atoms with Gasteiger partial charge < -0.3 is 9.47 Å². The second-order valence-corrected chi connectivity index (χ2v) is 5.56. The maximum atomic E-state index is 12.5. The van der Waals surface area contributed by atoms with E-state index >= 15 is 0 Å². The number of ether oxygens (including phenoxy) is 2. The van der Waals surface area contributed by atoms with Crippen LogP contribution >= 0.6 is 0 Å². The summed E-state index contributed by atoms with van der Waals surface area (Å²) in [6.45, 7) is 4.98. The van der Waals surface area contributed by atoms with Crippen LogP contribution in [0.2, 0.25) is 0 Å². The SMILES string of the molecule is CCOC(=O)Cn1nc(C(C)C)c2cc(OC(F)(F)F)ccc2c1=O. The number of carbonyl (C=O) groups excluding carboxylic acids is 1. The monoisotopic (exact) mass is 358 g/mol. The molecule has 6 nitrogen and oxygen atoms in total. The average molecular weight is 358 g/mol. The zero-order chi connectivity index (χ0) is 18.8. The lowest BCUT2D eigenvalue weighted by Gasteiger charge is -2.14. The van der Waals surface area contributed by atoms with Gasteiger partial charge in [-0.15, -0.1) is 13.2 Å². The van der Waals surface area contributed by atoms with Gasteiger partial charge in [0.15, 0.2) is 0 Å². The predicted octanol–water partition coefficient (Wildman–Crippen LogP) is 2.98. The lowest BCUT2D eigenvalue weighted by atomic mass is 10.0. The van der Waals surface area contributed by atoms with Crippen LogP contribution in [0.15, 0.2) is 23.0 Å². The maximum absolute atomic E-state index is 12.5. The van der Waals surface area contributed by atoms with Gasteiger partial charge in [-0.3, -0.25) is 9.59 Å². The highest BCUT2D eigenvalue weighted by Gasteiger charge is 2.31. The van der Waals surface area contributed by atoms with Crippen molar-refractivity contribution in [3.63, 3.8) is 0 Å². The number of aromatic nitrogens is 2. The molecule has 136 valence electrons. The van der Waals surface area contributed by atoms with Crippen molar-refractivity contribution in [2.24, 2.45) is 0 Å². The number of rotatable bonds is 5. The fourth-order valence-electron chi connectivity index (χ4n) is 2.35. The van der Waals surface area contributed by atoms with E-state index < -0.39 is 23.6 Å². The van der Waals surface area contributed by atoms with Crippen molar-refractivity contribution in [3.8, 4) is 5.75 Å². The molecule has 9 heteroatoms. The first kappa shape index (κ1) is 18.8. The Morgan fingerprint density at radius 3 is 2.52 bits per heavy atom. The molecule has 0 radical (unpaired) electrons. The summed E-state index contributed by atoms with van der Waals surface area (Å²) in [5, 5.41) is 4.53. The summed E-state index contributed by atoms with van der Waals surface area (Å²) in [6, 6.07) is 3.41. The molecule has 0 spiro atoms. The maximum Gasteiger partial charge on any atom is 0.573 e. The minimum absolute atomic E-state index is 0.150. The van der Waals surface area contributed by atoms with Crippen LogP contribution in [-0.4, -0.2) is 28.7 Å². The first-order chi connectivity index (χ1) is 11.6. The Bertz CT molecular complexity index is 844. The number of carbonyl (C=O) groups is 1. The Balaban J connectivity index is 2.59. The molecule has 2 aromatic rings. The first-order valence-electron chi connectivity index (χ1n) is 7.58. The van der Waals surface area contributed by atoms with Crippen LogP contribution in [0.1, 0.15) is 32.4 Å². The van der Waals surface area contributed by atoms with Gasteiger partial charge in [-0.1, -0.05) is 13.8 Å². The van der Waals surface area contributed by atoms with E-state index in [1.54, 1.807) is 20.8 Å². The molecule has 0 saturated carbocycles. The van der Waals surface area contributed by atoms with Crippen LogP contribution in [0.3, 0.4) is 0 Å². The largest absolute Gasteiger partial charge is 0.573 e. The third-order valence-electron chi connectivity index (χ3n) is 3.32. The standard InChI is InChI=1S/C16H17F3N2O4/c1-4-24-13(22)8-21-15(23)11-6-5-10(25-16(17,18)19)7-12(11)14(20-21)9(2)3/h5-7,9H,4,8H2,1-3H3. The lowest BCUT2D eigenvalue weighted by molar-refractivity contribution is -0.274. The molecule has 0 unspecified atom stereocenters. The summed E-state index contributed by atoms with van der Waals surface area (Å²) in [6.07, 6.45) is -4.84. The fraction of sp³-hybridized carbons (Fsp3) is 0.438. The summed E-state index contributed by atoms with van der Waals surface area (Å²) in [7, 11) is 0. The minimum Gasteiger partial charge on any atom is -0.465 e. The quantitative estimate of drug-likeness (QED) is 0.769. The first-order valence-corrected chi connectivity index (χ1v) is 7.58. The molecule has 0 bridgehead atoms. The van der Waals surface area contributed by atoms with Crippen molar-refractivity contribution < 1.29 is 27.4 Å². The molecule has 1 aromatic carbocycles. The second-order valence-electron chi connectivity index (χ2n) is 5.56. The van der Waals surface area contributed by atoms with E-state index in [1.807, 2.05) is 0 Å². The van der Waals surface area contributed by atoms with Gasteiger partial charge in [0.25, 0.3) is 5.56 Å². The number of nitrogens with zero attached hydrogens (tertiary/aromatic N) is 2. The molecule has 2 rings (SSSR count). The van der Waals surface area contributed by atoms with Gasteiger partial charge in [0.2, 0.25) is 0 Å². The van der Waals surface area contributed by atoms with Crippen molar-refractivity contribution in [1.29, 1.82) is 0 Å².